The first kappa shape index (κ1) is 23.7. The second-order valence-electron chi connectivity index (χ2n) is 7.97. The van der Waals surface area contributed by atoms with E-state index in [1.165, 1.54) is 0 Å². The third-order valence-electron chi connectivity index (χ3n) is 5.93. The van der Waals surface area contributed by atoms with Crippen LogP contribution in [0.15, 0.2) is 42.6 Å². The van der Waals surface area contributed by atoms with Crippen molar-refractivity contribution >= 4 is 0 Å². The molecule has 4 aromatic rings. The van der Waals surface area contributed by atoms with Crippen molar-refractivity contribution in [1.29, 1.82) is 0 Å². The van der Waals surface area contributed by atoms with E-state index in [0.717, 1.165) is 47.5 Å². The molecule has 0 spiro atoms. The standard InChI is InChI=1S/C24H30N8O2/c1-5-7-12-21-26-23(24(6-2,33-3)34-4)29-32(21)16-17-13-14-20(25-15-17)18-10-8-9-11-19(18)22-27-30-31-28-22/h8-11,13-15H,5-7,12,16H2,1-4H3,(H,27,28,30,31). The van der Waals surface area contributed by atoms with E-state index < -0.39 is 5.79 Å². The maximum atomic E-state index is 5.66. The minimum atomic E-state index is -0.951. The molecule has 0 atom stereocenters. The molecule has 0 saturated heterocycles. The summed E-state index contributed by atoms with van der Waals surface area (Å²) in [6.07, 6.45) is 5.41. The van der Waals surface area contributed by atoms with Gasteiger partial charge in [0.25, 0.3) is 0 Å². The van der Waals surface area contributed by atoms with Crippen LogP contribution in [0, 0.1) is 0 Å². The number of methoxy groups -OCH3 is 2. The van der Waals surface area contributed by atoms with Gasteiger partial charge in [0.05, 0.1) is 12.2 Å². The number of rotatable bonds is 11. The zero-order valence-corrected chi connectivity index (χ0v) is 20.0. The average Bonchev–Trinajstić information content (AvgIpc) is 3.56. The van der Waals surface area contributed by atoms with Crippen LogP contribution in [-0.4, -0.2) is 54.6 Å². The molecule has 0 fully saturated rings. The van der Waals surface area contributed by atoms with Gasteiger partial charge in [-0.25, -0.2) is 14.8 Å². The minimum absolute atomic E-state index is 0.547. The van der Waals surface area contributed by atoms with Crippen molar-refractivity contribution in [2.45, 2.75) is 51.9 Å². The molecule has 178 valence electrons. The monoisotopic (exact) mass is 462 g/mol. The molecule has 0 unspecified atom stereocenters. The smallest absolute Gasteiger partial charge is 0.231 e. The van der Waals surface area contributed by atoms with Crippen molar-refractivity contribution in [2.75, 3.05) is 14.2 Å². The number of ether oxygens (including phenoxy) is 2. The molecule has 0 aliphatic heterocycles. The Hall–Kier alpha value is -3.50. The number of nitrogens with zero attached hydrogens (tertiary/aromatic N) is 7. The summed E-state index contributed by atoms with van der Waals surface area (Å²) in [5, 5.41) is 19.0. The van der Waals surface area contributed by atoms with Crippen LogP contribution >= 0.6 is 0 Å². The van der Waals surface area contributed by atoms with Crippen LogP contribution in [0.1, 0.15) is 50.3 Å². The maximum Gasteiger partial charge on any atom is 0.231 e. The molecule has 34 heavy (non-hydrogen) atoms. The SMILES string of the molecule is CCCCc1nc(C(CC)(OC)OC)nn1Cc1ccc(-c2ccccc2-c2nnn[nH]2)nc1. The summed E-state index contributed by atoms with van der Waals surface area (Å²) in [5.41, 5.74) is 3.71. The molecule has 10 heteroatoms. The predicted molar refractivity (Wildman–Crippen MR) is 127 cm³/mol. The van der Waals surface area contributed by atoms with Crippen molar-refractivity contribution in [3.05, 3.63) is 59.8 Å². The molecule has 1 aromatic carbocycles. The largest absolute Gasteiger partial charge is 0.347 e. The third-order valence-corrected chi connectivity index (χ3v) is 5.93. The summed E-state index contributed by atoms with van der Waals surface area (Å²) in [7, 11) is 3.24. The molecule has 0 bridgehead atoms. The zero-order chi connectivity index (χ0) is 24.0. The van der Waals surface area contributed by atoms with E-state index in [0.29, 0.717) is 24.6 Å². The summed E-state index contributed by atoms with van der Waals surface area (Å²) in [6.45, 7) is 4.71. The lowest BCUT2D eigenvalue weighted by molar-refractivity contribution is -0.222. The zero-order valence-electron chi connectivity index (χ0n) is 20.0. The van der Waals surface area contributed by atoms with Crippen LogP contribution < -0.4 is 0 Å². The van der Waals surface area contributed by atoms with E-state index in [2.05, 4.69) is 33.6 Å². The molecular weight excluding hydrogens is 432 g/mol. The van der Waals surface area contributed by atoms with Gasteiger partial charge < -0.3 is 9.47 Å². The van der Waals surface area contributed by atoms with Crippen LogP contribution in [0.5, 0.6) is 0 Å². The highest BCUT2D eigenvalue weighted by Crippen LogP contribution is 2.29. The molecular formula is C24H30N8O2. The van der Waals surface area contributed by atoms with Gasteiger partial charge in [-0.05, 0) is 28.5 Å². The summed E-state index contributed by atoms with van der Waals surface area (Å²) in [5.74, 6) is 1.11. The van der Waals surface area contributed by atoms with Gasteiger partial charge in [0, 0.05) is 44.4 Å². The Morgan fingerprint density at radius 2 is 1.82 bits per heavy atom. The van der Waals surface area contributed by atoms with Crippen LogP contribution in [0.25, 0.3) is 22.6 Å². The number of benzene rings is 1. The molecule has 4 rings (SSSR count). The molecule has 1 N–H and O–H groups in total. The first-order chi connectivity index (χ1) is 16.6. The summed E-state index contributed by atoms with van der Waals surface area (Å²) in [6, 6.07) is 12.0. The van der Waals surface area contributed by atoms with Crippen molar-refractivity contribution in [2.24, 2.45) is 0 Å². The van der Waals surface area contributed by atoms with Crippen LogP contribution in [-0.2, 0) is 28.2 Å². The van der Waals surface area contributed by atoms with Gasteiger partial charge in [0.15, 0.2) is 5.82 Å². The lowest BCUT2D eigenvalue weighted by Crippen LogP contribution is -2.31. The van der Waals surface area contributed by atoms with Gasteiger partial charge >= 0.3 is 0 Å². The van der Waals surface area contributed by atoms with Gasteiger partial charge in [-0.15, -0.1) is 10.2 Å². The maximum absolute atomic E-state index is 5.66. The van der Waals surface area contributed by atoms with Gasteiger partial charge in [-0.3, -0.25) is 4.98 Å². The number of unbranched alkanes of at least 4 members (excludes halogenated alkanes) is 1. The summed E-state index contributed by atoms with van der Waals surface area (Å²) >= 11 is 0. The lowest BCUT2D eigenvalue weighted by atomic mass is 10.0. The first-order valence-electron chi connectivity index (χ1n) is 11.5. The first-order valence-corrected chi connectivity index (χ1v) is 11.5. The predicted octanol–water partition coefficient (Wildman–Crippen LogP) is 3.77. The van der Waals surface area contributed by atoms with E-state index in [4.69, 9.17) is 24.5 Å². The van der Waals surface area contributed by atoms with Crippen LogP contribution in [0.2, 0.25) is 0 Å². The second kappa shape index (κ2) is 10.6. The topological polar surface area (TPSA) is 117 Å². The summed E-state index contributed by atoms with van der Waals surface area (Å²) < 4.78 is 13.3. The number of aryl methyl sites for hydroxylation is 1. The third kappa shape index (κ3) is 4.73. The van der Waals surface area contributed by atoms with E-state index in [-0.39, 0.29) is 0 Å². The van der Waals surface area contributed by atoms with E-state index in [1.807, 2.05) is 48.1 Å². The Bertz CT molecular complexity index is 1180. The van der Waals surface area contributed by atoms with Gasteiger partial charge in [-0.2, -0.15) is 0 Å². The molecule has 0 aliphatic rings. The highest BCUT2D eigenvalue weighted by atomic mass is 16.7. The minimum Gasteiger partial charge on any atom is -0.347 e. The van der Waals surface area contributed by atoms with Crippen LogP contribution in [0.3, 0.4) is 0 Å². The van der Waals surface area contributed by atoms with Crippen molar-refractivity contribution in [3.63, 3.8) is 0 Å². The highest BCUT2D eigenvalue weighted by molar-refractivity contribution is 5.78. The fourth-order valence-corrected chi connectivity index (χ4v) is 3.93. The molecule has 0 radical (unpaired) electrons. The number of aromatic nitrogens is 8. The van der Waals surface area contributed by atoms with Crippen LogP contribution in [0.4, 0.5) is 0 Å². The Morgan fingerprint density at radius 1 is 1.03 bits per heavy atom. The fraction of sp³-hybridized carbons (Fsp3) is 0.417. The number of H-pyrrole nitrogens is 1. The Labute approximate surface area is 198 Å². The lowest BCUT2D eigenvalue weighted by Gasteiger charge is -2.26. The average molecular weight is 463 g/mol. The quantitative estimate of drug-likeness (QED) is 0.335. The van der Waals surface area contributed by atoms with E-state index in [1.54, 1.807) is 14.2 Å². The summed E-state index contributed by atoms with van der Waals surface area (Å²) in [4.78, 5) is 9.51. The number of nitrogens with one attached hydrogen (secondary N) is 1. The van der Waals surface area contributed by atoms with Crippen molar-refractivity contribution < 1.29 is 9.47 Å². The fourth-order valence-electron chi connectivity index (χ4n) is 3.93. The number of hydrogen-bond donors (Lipinski definition) is 1. The van der Waals surface area contributed by atoms with Crippen molar-refractivity contribution in [3.8, 4) is 22.6 Å². The van der Waals surface area contributed by atoms with Gasteiger partial charge in [0.1, 0.15) is 5.82 Å². The Kier molecular flexibility index (Phi) is 7.39. The number of pyridine rings is 1. The molecule has 10 nitrogen and oxygen atoms in total. The molecule has 3 heterocycles. The number of aromatic amines is 1. The number of hydrogen-bond acceptors (Lipinski definition) is 8. The molecule has 3 aromatic heterocycles. The van der Waals surface area contributed by atoms with Gasteiger partial charge in [-0.1, -0.05) is 50.6 Å². The molecule has 0 amide bonds. The Balaban J connectivity index is 1.62. The van der Waals surface area contributed by atoms with E-state index >= 15 is 0 Å². The molecule has 0 aliphatic carbocycles. The van der Waals surface area contributed by atoms with Crippen molar-refractivity contribution in [1.82, 2.24) is 40.4 Å². The van der Waals surface area contributed by atoms with Gasteiger partial charge in [0.2, 0.25) is 11.6 Å². The number of tetrazole rings is 1. The molecule has 0 saturated carbocycles. The second-order valence-corrected chi connectivity index (χ2v) is 7.97. The Morgan fingerprint density at radius 3 is 2.44 bits per heavy atom. The highest BCUT2D eigenvalue weighted by Gasteiger charge is 2.35. The van der Waals surface area contributed by atoms with E-state index in [9.17, 15) is 0 Å². The normalized spacial score (nSPS) is 11.8.